The van der Waals surface area contributed by atoms with Crippen molar-refractivity contribution in [1.29, 1.82) is 0 Å². The second kappa shape index (κ2) is 9.13. The fraction of sp³-hybridized carbons (Fsp3) is 0.500. The third-order valence-corrected chi connectivity index (χ3v) is 3.19. The Morgan fingerprint density at radius 3 is 2.48 bits per heavy atom. The first kappa shape index (κ1) is 17.2. The van der Waals surface area contributed by atoms with E-state index in [1.54, 1.807) is 6.92 Å². The third-order valence-electron chi connectivity index (χ3n) is 3.19. The van der Waals surface area contributed by atoms with Crippen molar-refractivity contribution in [2.24, 2.45) is 5.92 Å². The molecule has 5 heteroatoms. The van der Waals surface area contributed by atoms with Crippen LogP contribution in [0, 0.1) is 5.92 Å². The third kappa shape index (κ3) is 6.40. The average molecular weight is 293 g/mol. The maximum Gasteiger partial charge on any atom is 0.319 e. The van der Waals surface area contributed by atoms with E-state index in [4.69, 9.17) is 4.74 Å². The van der Waals surface area contributed by atoms with Crippen LogP contribution in [-0.4, -0.2) is 43.6 Å². The first-order chi connectivity index (χ1) is 10.1. The van der Waals surface area contributed by atoms with Crippen LogP contribution in [0.15, 0.2) is 30.3 Å². The fourth-order valence-corrected chi connectivity index (χ4v) is 1.89. The molecule has 0 heterocycles. The van der Waals surface area contributed by atoms with Gasteiger partial charge < -0.3 is 9.47 Å². The van der Waals surface area contributed by atoms with Gasteiger partial charge in [0.25, 0.3) is 0 Å². The lowest BCUT2D eigenvalue weighted by atomic mass is 10.1. The van der Waals surface area contributed by atoms with Gasteiger partial charge in [0.15, 0.2) is 0 Å². The maximum absolute atomic E-state index is 12.0. The summed E-state index contributed by atoms with van der Waals surface area (Å²) in [5.74, 6) is -0.859. The van der Waals surface area contributed by atoms with Gasteiger partial charge in [-0.15, -0.1) is 0 Å². The van der Waals surface area contributed by atoms with Gasteiger partial charge in [0.05, 0.1) is 19.6 Å². The maximum atomic E-state index is 12.0. The Morgan fingerprint density at radius 1 is 1.24 bits per heavy atom. The molecule has 0 aliphatic carbocycles. The lowest BCUT2D eigenvalue weighted by Crippen LogP contribution is -2.36. The van der Waals surface area contributed by atoms with Gasteiger partial charge in [-0.3, -0.25) is 14.5 Å². The molecule has 0 aromatic heterocycles. The summed E-state index contributed by atoms with van der Waals surface area (Å²) in [4.78, 5) is 25.1. The van der Waals surface area contributed by atoms with Crippen LogP contribution in [0.4, 0.5) is 0 Å². The molecule has 0 spiro atoms. The van der Waals surface area contributed by atoms with E-state index in [-0.39, 0.29) is 31.0 Å². The highest BCUT2D eigenvalue weighted by molar-refractivity contribution is 5.73. The number of hydrogen-bond acceptors (Lipinski definition) is 5. The lowest BCUT2D eigenvalue weighted by molar-refractivity contribution is -0.151. The van der Waals surface area contributed by atoms with Crippen molar-refractivity contribution >= 4 is 11.9 Å². The molecule has 1 aromatic carbocycles. The van der Waals surface area contributed by atoms with Gasteiger partial charge in [-0.05, 0) is 12.1 Å². The minimum atomic E-state index is -0.304. The summed E-state index contributed by atoms with van der Waals surface area (Å²) in [6.07, 6.45) is 0. The number of carbonyl (C=O) groups is 2. The second-order valence-electron chi connectivity index (χ2n) is 4.90. The zero-order chi connectivity index (χ0) is 15.7. The van der Waals surface area contributed by atoms with Crippen molar-refractivity contribution in [3.05, 3.63) is 35.9 Å². The van der Waals surface area contributed by atoms with Gasteiger partial charge >= 0.3 is 11.9 Å². The standard InChI is InChI=1S/C16H23NO4/c1-4-17(11-15(18)20-3)10-13(2)16(19)21-12-14-8-6-5-7-9-14/h5-9,13H,4,10-12H2,1-3H3. The number of carbonyl (C=O) groups excluding carboxylic acids is 2. The molecule has 0 bridgehead atoms. The Kier molecular flexibility index (Phi) is 7.46. The number of nitrogens with zero attached hydrogens (tertiary/aromatic N) is 1. The Hall–Kier alpha value is -1.88. The zero-order valence-electron chi connectivity index (χ0n) is 12.9. The second-order valence-corrected chi connectivity index (χ2v) is 4.90. The first-order valence-electron chi connectivity index (χ1n) is 7.06. The molecule has 0 aliphatic heterocycles. The molecule has 0 aliphatic rings. The number of methoxy groups -OCH3 is 1. The molecule has 5 nitrogen and oxygen atoms in total. The van der Waals surface area contributed by atoms with Crippen LogP contribution in [-0.2, 0) is 25.7 Å². The summed E-state index contributed by atoms with van der Waals surface area (Å²) in [6, 6.07) is 9.55. The predicted molar refractivity (Wildman–Crippen MR) is 79.5 cm³/mol. The van der Waals surface area contributed by atoms with Crippen LogP contribution in [0.2, 0.25) is 0 Å². The highest BCUT2D eigenvalue weighted by Crippen LogP contribution is 2.07. The quantitative estimate of drug-likeness (QED) is 0.685. The Labute approximate surface area is 125 Å². The molecule has 0 saturated heterocycles. The smallest absolute Gasteiger partial charge is 0.319 e. The van der Waals surface area contributed by atoms with E-state index in [0.717, 1.165) is 5.56 Å². The van der Waals surface area contributed by atoms with E-state index < -0.39 is 0 Å². The van der Waals surface area contributed by atoms with Crippen molar-refractivity contribution in [3.63, 3.8) is 0 Å². The van der Waals surface area contributed by atoms with E-state index in [9.17, 15) is 9.59 Å². The van der Waals surface area contributed by atoms with Crippen LogP contribution in [0.3, 0.4) is 0 Å². The van der Waals surface area contributed by atoms with Crippen LogP contribution < -0.4 is 0 Å². The van der Waals surface area contributed by atoms with Gasteiger partial charge in [0.1, 0.15) is 6.61 Å². The number of hydrogen-bond donors (Lipinski definition) is 0. The summed E-state index contributed by atoms with van der Waals surface area (Å²) < 4.78 is 9.92. The topological polar surface area (TPSA) is 55.8 Å². The number of esters is 2. The molecule has 0 amide bonds. The summed E-state index contributed by atoms with van der Waals surface area (Å²) in [5, 5.41) is 0. The fourth-order valence-electron chi connectivity index (χ4n) is 1.89. The molecule has 1 aromatic rings. The Morgan fingerprint density at radius 2 is 1.90 bits per heavy atom. The van der Waals surface area contributed by atoms with Gasteiger partial charge in [-0.1, -0.05) is 44.2 Å². The number of ether oxygens (including phenoxy) is 2. The van der Waals surface area contributed by atoms with Crippen molar-refractivity contribution in [3.8, 4) is 0 Å². The highest BCUT2D eigenvalue weighted by atomic mass is 16.5. The monoisotopic (exact) mass is 293 g/mol. The Balaban J connectivity index is 2.40. The van der Waals surface area contributed by atoms with Gasteiger partial charge in [-0.25, -0.2) is 0 Å². The van der Waals surface area contributed by atoms with Crippen molar-refractivity contribution in [2.75, 3.05) is 26.7 Å². The van der Waals surface area contributed by atoms with E-state index in [2.05, 4.69) is 4.74 Å². The SMILES string of the molecule is CCN(CC(=O)OC)CC(C)C(=O)OCc1ccccc1. The van der Waals surface area contributed by atoms with Crippen LogP contribution in [0.1, 0.15) is 19.4 Å². The molecule has 0 N–H and O–H groups in total. The summed E-state index contributed by atoms with van der Waals surface area (Å²) in [5.41, 5.74) is 0.958. The molecule has 0 saturated carbocycles. The Bertz CT molecular complexity index is 447. The average Bonchev–Trinajstić information content (AvgIpc) is 2.52. The van der Waals surface area contributed by atoms with Crippen molar-refractivity contribution < 1.29 is 19.1 Å². The largest absolute Gasteiger partial charge is 0.468 e. The van der Waals surface area contributed by atoms with Gasteiger partial charge in [0, 0.05) is 6.54 Å². The summed E-state index contributed by atoms with van der Waals surface area (Å²) in [7, 11) is 1.35. The van der Waals surface area contributed by atoms with Gasteiger partial charge in [0.2, 0.25) is 0 Å². The van der Waals surface area contributed by atoms with Crippen LogP contribution in [0.5, 0.6) is 0 Å². The molecule has 1 atom stereocenters. The minimum Gasteiger partial charge on any atom is -0.468 e. The predicted octanol–water partition coefficient (Wildman–Crippen LogP) is 1.86. The molecule has 1 unspecified atom stereocenters. The van der Waals surface area contributed by atoms with Crippen LogP contribution >= 0.6 is 0 Å². The zero-order valence-corrected chi connectivity index (χ0v) is 12.9. The summed E-state index contributed by atoms with van der Waals surface area (Å²) >= 11 is 0. The molecular formula is C16H23NO4. The molecule has 1 rings (SSSR count). The van der Waals surface area contributed by atoms with E-state index in [1.165, 1.54) is 7.11 Å². The van der Waals surface area contributed by atoms with E-state index in [1.807, 2.05) is 42.2 Å². The summed E-state index contributed by atoms with van der Waals surface area (Å²) in [6.45, 7) is 5.33. The van der Waals surface area contributed by atoms with Gasteiger partial charge in [-0.2, -0.15) is 0 Å². The van der Waals surface area contributed by atoms with E-state index in [0.29, 0.717) is 13.1 Å². The highest BCUT2D eigenvalue weighted by Gasteiger charge is 2.19. The number of rotatable bonds is 8. The molecule has 21 heavy (non-hydrogen) atoms. The molecular weight excluding hydrogens is 270 g/mol. The van der Waals surface area contributed by atoms with Crippen LogP contribution in [0.25, 0.3) is 0 Å². The minimum absolute atomic E-state index is 0.184. The van der Waals surface area contributed by atoms with Crippen molar-refractivity contribution in [2.45, 2.75) is 20.5 Å². The number of benzene rings is 1. The molecule has 116 valence electrons. The van der Waals surface area contributed by atoms with E-state index >= 15 is 0 Å². The lowest BCUT2D eigenvalue weighted by Gasteiger charge is -2.22. The molecule has 0 radical (unpaired) electrons. The number of likely N-dealkylation sites (N-methyl/N-ethyl adjacent to an activating group) is 1. The normalized spacial score (nSPS) is 12.0. The van der Waals surface area contributed by atoms with Crippen molar-refractivity contribution in [1.82, 2.24) is 4.90 Å². The first-order valence-corrected chi connectivity index (χ1v) is 7.06. The molecule has 0 fully saturated rings.